The van der Waals surface area contributed by atoms with Crippen LogP contribution in [0.25, 0.3) is 10.6 Å². The molecule has 0 aliphatic carbocycles. The van der Waals surface area contributed by atoms with Crippen molar-refractivity contribution in [1.82, 2.24) is 0 Å². The van der Waals surface area contributed by atoms with Gasteiger partial charge in [-0.2, -0.15) is 0 Å². The van der Waals surface area contributed by atoms with E-state index in [2.05, 4.69) is 45.9 Å². The summed E-state index contributed by atoms with van der Waals surface area (Å²) in [7, 11) is 0. The molecule has 78 valence electrons. The molecule has 0 bridgehead atoms. The molecule has 0 aliphatic rings. The van der Waals surface area contributed by atoms with E-state index in [4.69, 9.17) is 0 Å². The Labute approximate surface area is 104 Å². The number of rotatable bonds is 2. The summed E-state index contributed by atoms with van der Waals surface area (Å²) in [5.74, 6) is 0. The molecule has 0 aliphatic heterocycles. The van der Waals surface area contributed by atoms with E-state index in [1.165, 1.54) is 0 Å². The lowest BCUT2D eigenvalue weighted by molar-refractivity contribution is 1.65. The Morgan fingerprint density at radius 1 is 0.875 bits per heavy atom. The minimum absolute atomic E-state index is 0.969. The molecule has 0 N–H and O–H groups in total. The Kier molecular flexibility index (Phi) is 3.76. The van der Waals surface area contributed by atoms with Gasteiger partial charge in [-0.25, -0.2) is 0 Å². The molecule has 0 fully saturated rings. The van der Waals surface area contributed by atoms with E-state index < -0.39 is 0 Å². The maximum absolute atomic E-state index is 3.52. The van der Waals surface area contributed by atoms with E-state index in [1.807, 2.05) is 42.5 Å². The summed E-state index contributed by atoms with van der Waals surface area (Å²) in [4.78, 5) is 0. The first-order valence-electron chi connectivity index (χ1n) is 5.09. The molecule has 0 saturated heterocycles. The van der Waals surface area contributed by atoms with Gasteiger partial charge in [0.1, 0.15) is 0 Å². The third kappa shape index (κ3) is 2.96. The molecule has 2 aromatic rings. The Morgan fingerprint density at radius 2 is 1.44 bits per heavy atom. The summed E-state index contributed by atoms with van der Waals surface area (Å²) >= 11 is 3.52. The smallest absolute Gasteiger partial charge is 0.0666 e. The topological polar surface area (TPSA) is 0 Å². The second-order valence-electron chi connectivity index (χ2n) is 3.38. The van der Waals surface area contributed by atoms with Crippen molar-refractivity contribution in [3.05, 3.63) is 77.5 Å². The lowest BCUT2D eigenvalue weighted by Crippen LogP contribution is -1.72. The molecule has 0 aromatic heterocycles. The molecule has 0 heterocycles. The Hall–Kier alpha value is -1.56. The van der Waals surface area contributed by atoms with Gasteiger partial charge in [-0.05, 0) is 33.1 Å². The number of hydrogen-bond donors (Lipinski definition) is 0. The number of benzene rings is 2. The van der Waals surface area contributed by atoms with Crippen LogP contribution < -0.4 is 0 Å². The largest absolute Gasteiger partial charge is 0.104 e. The lowest BCUT2D eigenvalue weighted by atomic mass is 10.2. The van der Waals surface area contributed by atoms with Crippen molar-refractivity contribution in [3.63, 3.8) is 0 Å². The first-order valence-corrected chi connectivity index (χ1v) is 5.88. The van der Waals surface area contributed by atoms with Crippen LogP contribution in [0.1, 0.15) is 11.1 Å². The second kappa shape index (κ2) is 5.50. The quantitative estimate of drug-likeness (QED) is 0.692. The third-order valence-electron chi connectivity index (χ3n) is 2.19. The van der Waals surface area contributed by atoms with Crippen LogP contribution in [-0.2, 0) is 0 Å². The van der Waals surface area contributed by atoms with Crippen LogP contribution >= 0.6 is 15.9 Å². The first-order chi connectivity index (χ1) is 7.86. The second-order valence-corrected chi connectivity index (χ2v) is 4.17. The van der Waals surface area contributed by atoms with E-state index in [9.17, 15) is 0 Å². The lowest BCUT2D eigenvalue weighted by Gasteiger charge is -1.94. The number of halogens is 1. The highest BCUT2D eigenvalue weighted by atomic mass is 79.9. The minimum Gasteiger partial charge on any atom is -0.104 e. The predicted molar refractivity (Wildman–Crippen MR) is 73.2 cm³/mol. The summed E-state index contributed by atoms with van der Waals surface area (Å²) in [6.07, 6.45) is 1.97. The molecule has 16 heavy (non-hydrogen) atoms. The fraction of sp³-hybridized carbons (Fsp3) is 0. The molecule has 0 nitrogen and oxygen atoms in total. The fourth-order valence-electron chi connectivity index (χ4n) is 1.36. The molecular formula is C15H11Br. The van der Waals surface area contributed by atoms with E-state index in [1.54, 1.807) is 0 Å². The van der Waals surface area contributed by atoms with E-state index >= 15 is 0 Å². The molecule has 0 atom stereocenters. The average molecular weight is 271 g/mol. The molecule has 2 rings (SSSR count). The molecule has 0 amide bonds. The van der Waals surface area contributed by atoms with Gasteiger partial charge in [0.05, 0.1) is 4.48 Å². The summed E-state index contributed by atoms with van der Waals surface area (Å²) in [6.45, 7) is 0. The minimum atomic E-state index is 0.969. The first kappa shape index (κ1) is 10.9. The zero-order valence-electron chi connectivity index (χ0n) is 8.73. The molecule has 0 radical (unpaired) electrons. The summed E-state index contributed by atoms with van der Waals surface area (Å²) in [5.41, 5.74) is 5.51. The molecule has 0 spiro atoms. The SMILES string of the molecule is BrC(=C=Cc1ccccc1)c1ccccc1. The van der Waals surface area contributed by atoms with Gasteiger partial charge in [-0.15, -0.1) is 5.73 Å². The predicted octanol–water partition coefficient (Wildman–Crippen LogP) is 4.73. The standard InChI is InChI=1S/C15H11Br/c16-15(14-9-5-2-6-10-14)12-11-13-7-3-1-4-8-13/h1-11H. The van der Waals surface area contributed by atoms with Crippen LogP contribution in [0, 0.1) is 0 Å². The fourth-order valence-corrected chi connectivity index (χ4v) is 1.74. The van der Waals surface area contributed by atoms with E-state index in [-0.39, 0.29) is 0 Å². The third-order valence-corrected chi connectivity index (χ3v) is 2.88. The Balaban J connectivity index is 2.29. The van der Waals surface area contributed by atoms with Gasteiger partial charge in [-0.1, -0.05) is 60.7 Å². The average Bonchev–Trinajstić information content (AvgIpc) is 2.38. The van der Waals surface area contributed by atoms with Crippen LogP contribution in [0.15, 0.2) is 66.4 Å². The molecular weight excluding hydrogens is 260 g/mol. The number of hydrogen-bond acceptors (Lipinski definition) is 0. The van der Waals surface area contributed by atoms with Crippen LogP contribution in [0.2, 0.25) is 0 Å². The van der Waals surface area contributed by atoms with Gasteiger partial charge in [0.25, 0.3) is 0 Å². The van der Waals surface area contributed by atoms with Crippen LogP contribution in [-0.4, -0.2) is 0 Å². The van der Waals surface area contributed by atoms with Gasteiger partial charge >= 0.3 is 0 Å². The van der Waals surface area contributed by atoms with Crippen molar-refractivity contribution in [1.29, 1.82) is 0 Å². The molecule has 1 heteroatoms. The highest BCUT2D eigenvalue weighted by Crippen LogP contribution is 2.19. The van der Waals surface area contributed by atoms with Crippen LogP contribution in [0.3, 0.4) is 0 Å². The van der Waals surface area contributed by atoms with Crippen molar-refractivity contribution in [2.24, 2.45) is 0 Å². The zero-order chi connectivity index (χ0) is 11.2. The van der Waals surface area contributed by atoms with Gasteiger partial charge in [0.2, 0.25) is 0 Å². The molecule has 0 unspecified atom stereocenters. The van der Waals surface area contributed by atoms with Gasteiger partial charge < -0.3 is 0 Å². The van der Waals surface area contributed by atoms with Crippen LogP contribution in [0.5, 0.6) is 0 Å². The van der Waals surface area contributed by atoms with Crippen molar-refractivity contribution < 1.29 is 0 Å². The van der Waals surface area contributed by atoms with Crippen molar-refractivity contribution in [2.45, 2.75) is 0 Å². The summed E-state index contributed by atoms with van der Waals surface area (Å²) < 4.78 is 0.969. The van der Waals surface area contributed by atoms with Gasteiger partial charge in [0, 0.05) is 0 Å². The molecule has 0 saturated carbocycles. The van der Waals surface area contributed by atoms with Crippen molar-refractivity contribution >= 4 is 26.5 Å². The van der Waals surface area contributed by atoms with Crippen molar-refractivity contribution in [3.8, 4) is 0 Å². The Morgan fingerprint density at radius 3 is 2.06 bits per heavy atom. The van der Waals surface area contributed by atoms with E-state index in [0.29, 0.717) is 0 Å². The van der Waals surface area contributed by atoms with Gasteiger partial charge in [0.15, 0.2) is 0 Å². The highest BCUT2D eigenvalue weighted by molar-refractivity contribution is 9.15. The summed E-state index contributed by atoms with van der Waals surface area (Å²) in [6, 6.07) is 20.3. The van der Waals surface area contributed by atoms with Crippen LogP contribution in [0.4, 0.5) is 0 Å². The normalized spacial score (nSPS) is 9.31. The van der Waals surface area contributed by atoms with Gasteiger partial charge in [-0.3, -0.25) is 0 Å². The maximum atomic E-state index is 3.52. The molecule has 2 aromatic carbocycles. The monoisotopic (exact) mass is 270 g/mol. The summed E-state index contributed by atoms with van der Waals surface area (Å²) in [5, 5.41) is 0. The zero-order valence-corrected chi connectivity index (χ0v) is 10.3. The van der Waals surface area contributed by atoms with E-state index in [0.717, 1.165) is 15.6 Å². The Bertz CT molecular complexity index is 506. The highest BCUT2D eigenvalue weighted by Gasteiger charge is 1.92. The maximum Gasteiger partial charge on any atom is 0.0666 e. The van der Waals surface area contributed by atoms with Crippen molar-refractivity contribution in [2.75, 3.05) is 0 Å².